The van der Waals surface area contributed by atoms with Crippen LogP contribution in [0.25, 0.3) is 60.9 Å². The normalized spacial score (nSPS) is 13.9. The molecule has 0 amide bonds. The van der Waals surface area contributed by atoms with Crippen LogP contribution >= 0.6 is 0 Å². The summed E-state index contributed by atoms with van der Waals surface area (Å²) in [5, 5.41) is 3.55. The minimum atomic E-state index is 0.0295. The summed E-state index contributed by atoms with van der Waals surface area (Å²) in [4.78, 5) is 0. The summed E-state index contributed by atoms with van der Waals surface area (Å²) in [5.74, 6) is 0. The molecule has 176 valence electrons. The van der Waals surface area contributed by atoms with Gasteiger partial charge in [0.1, 0.15) is 5.58 Å². The van der Waals surface area contributed by atoms with E-state index in [2.05, 4.69) is 122 Å². The van der Waals surface area contributed by atoms with Crippen LogP contribution in [0.5, 0.6) is 0 Å². The van der Waals surface area contributed by atoms with Crippen molar-refractivity contribution in [3.05, 3.63) is 126 Å². The summed E-state index contributed by atoms with van der Waals surface area (Å²) in [6.45, 7) is 4.65. The van der Waals surface area contributed by atoms with E-state index in [1.54, 1.807) is 0 Å². The molecule has 1 aliphatic carbocycles. The lowest BCUT2D eigenvalue weighted by Crippen LogP contribution is -2.14. The molecule has 7 aromatic rings. The lowest BCUT2D eigenvalue weighted by molar-refractivity contribution is 0.645. The number of furan rings is 1. The van der Waals surface area contributed by atoms with Crippen LogP contribution in [0, 0.1) is 0 Å². The predicted molar refractivity (Wildman–Crippen MR) is 154 cm³/mol. The van der Waals surface area contributed by atoms with Gasteiger partial charge in [-0.05, 0) is 63.7 Å². The van der Waals surface area contributed by atoms with Gasteiger partial charge in [-0.1, -0.05) is 98.8 Å². The van der Waals surface area contributed by atoms with E-state index in [0.717, 1.165) is 27.9 Å². The summed E-state index contributed by atoms with van der Waals surface area (Å²) in [6, 6.07) is 41.5. The zero-order valence-corrected chi connectivity index (χ0v) is 20.8. The van der Waals surface area contributed by atoms with Crippen molar-refractivity contribution in [2.24, 2.45) is 0 Å². The Bertz CT molecular complexity index is 2000. The lowest BCUT2D eigenvalue weighted by Gasteiger charge is -2.21. The smallest absolute Gasteiger partial charge is 0.213 e. The largest absolute Gasteiger partial charge is 0.439 e. The average Bonchev–Trinajstić information content (AvgIpc) is 3.54. The topological polar surface area (TPSA) is 18.1 Å². The minimum Gasteiger partial charge on any atom is -0.439 e. The van der Waals surface area contributed by atoms with Crippen LogP contribution in [0.15, 0.2) is 120 Å². The van der Waals surface area contributed by atoms with Gasteiger partial charge in [0.05, 0.1) is 10.9 Å². The second kappa shape index (κ2) is 7.24. The Morgan fingerprint density at radius 1 is 0.595 bits per heavy atom. The summed E-state index contributed by atoms with van der Waals surface area (Å²) in [7, 11) is 0. The van der Waals surface area contributed by atoms with Crippen LogP contribution in [0.4, 0.5) is 0 Å². The quantitative estimate of drug-likeness (QED) is 0.243. The van der Waals surface area contributed by atoms with E-state index in [1.165, 1.54) is 44.2 Å². The first-order valence-electron chi connectivity index (χ1n) is 12.9. The maximum atomic E-state index is 6.40. The van der Waals surface area contributed by atoms with E-state index in [9.17, 15) is 0 Å². The molecular weight excluding hydrogens is 450 g/mol. The number of nitrogens with zero attached hydrogens (tertiary/aromatic N) is 1. The molecule has 0 radical (unpaired) electrons. The van der Waals surface area contributed by atoms with Gasteiger partial charge >= 0.3 is 0 Å². The Morgan fingerprint density at radius 2 is 1.27 bits per heavy atom. The fourth-order valence-corrected chi connectivity index (χ4v) is 6.40. The number of para-hydroxylation sites is 2. The third kappa shape index (κ3) is 2.76. The molecule has 0 aliphatic heterocycles. The third-order valence-electron chi connectivity index (χ3n) is 8.24. The first-order chi connectivity index (χ1) is 18.1. The van der Waals surface area contributed by atoms with E-state index in [4.69, 9.17) is 4.42 Å². The van der Waals surface area contributed by atoms with E-state index in [-0.39, 0.29) is 5.41 Å². The number of benzene rings is 5. The van der Waals surface area contributed by atoms with Gasteiger partial charge < -0.3 is 4.42 Å². The van der Waals surface area contributed by atoms with Crippen molar-refractivity contribution in [3.8, 4) is 27.9 Å². The lowest BCUT2D eigenvalue weighted by atomic mass is 9.82. The highest BCUT2D eigenvalue weighted by atomic mass is 16.3. The predicted octanol–water partition coefficient (Wildman–Crippen LogP) is 9.50. The summed E-state index contributed by atoms with van der Waals surface area (Å²) in [6.07, 6.45) is 0. The second-order valence-electron chi connectivity index (χ2n) is 10.6. The van der Waals surface area contributed by atoms with Crippen molar-refractivity contribution in [1.29, 1.82) is 0 Å². The SMILES string of the molecule is CC1(C)c2ccccc2-c2cc(-c3ccc(-n4c5ccccc5c5c6ccccc6oc54)cc3)ccc21. The minimum absolute atomic E-state index is 0.0295. The molecule has 2 aromatic heterocycles. The van der Waals surface area contributed by atoms with Crippen LogP contribution in [-0.4, -0.2) is 4.57 Å². The Labute approximate surface area is 215 Å². The monoisotopic (exact) mass is 475 g/mol. The number of aromatic nitrogens is 1. The highest BCUT2D eigenvalue weighted by molar-refractivity contribution is 6.19. The first kappa shape index (κ1) is 20.6. The molecule has 0 atom stereocenters. The second-order valence-corrected chi connectivity index (χ2v) is 10.6. The molecule has 0 spiro atoms. The Kier molecular flexibility index (Phi) is 4.03. The van der Waals surface area contributed by atoms with Crippen molar-refractivity contribution < 1.29 is 4.42 Å². The maximum Gasteiger partial charge on any atom is 0.213 e. The zero-order valence-electron chi connectivity index (χ0n) is 20.8. The zero-order chi connectivity index (χ0) is 24.7. The maximum absolute atomic E-state index is 6.40. The highest BCUT2D eigenvalue weighted by Gasteiger charge is 2.35. The summed E-state index contributed by atoms with van der Waals surface area (Å²) in [5.41, 5.74) is 12.1. The molecule has 2 heterocycles. The van der Waals surface area contributed by atoms with Gasteiger partial charge in [-0.3, -0.25) is 4.57 Å². The van der Waals surface area contributed by atoms with Crippen molar-refractivity contribution in [3.63, 3.8) is 0 Å². The van der Waals surface area contributed by atoms with Crippen LogP contribution in [0.1, 0.15) is 25.0 Å². The van der Waals surface area contributed by atoms with E-state index < -0.39 is 0 Å². The summed E-state index contributed by atoms with van der Waals surface area (Å²) >= 11 is 0. The van der Waals surface area contributed by atoms with Crippen LogP contribution in [-0.2, 0) is 5.41 Å². The highest BCUT2D eigenvalue weighted by Crippen LogP contribution is 2.49. The van der Waals surface area contributed by atoms with Gasteiger partial charge in [0, 0.05) is 21.9 Å². The van der Waals surface area contributed by atoms with Gasteiger partial charge in [-0.15, -0.1) is 0 Å². The van der Waals surface area contributed by atoms with Gasteiger partial charge in [-0.2, -0.15) is 0 Å². The molecule has 0 bridgehead atoms. The molecular formula is C35H25NO. The molecule has 0 fully saturated rings. The fourth-order valence-electron chi connectivity index (χ4n) is 6.40. The number of hydrogen-bond acceptors (Lipinski definition) is 1. The van der Waals surface area contributed by atoms with Gasteiger partial charge in [0.25, 0.3) is 0 Å². The van der Waals surface area contributed by atoms with Crippen LogP contribution in [0.3, 0.4) is 0 Å². The number of fused-ring (bicyclic) bond motifs is 8. The summed E-state index contributed by atoms with van der Waals surface area (Å²) < 4.78 is 8.65. The van der Waals surface area contributed by atoms with Crippen LogP contribution < -0.4 is 0 Å². The van der Waals surface area contributed by atoms with Crippen molar-refractivity contribution >= 4 is 33.0 Å². The molecule has 2 heteroatoms. The molecule has 0 saturated heterocycles. The van der Waals surface area contributed by atoms with Crippen molar-refractivity contribution in [1.82, 2.24) is 4.57 Å². The van der Waals surface area contributed by atoms with E-state index in [1.807, 2.05) is 12.1 Å². The van der Waals surface area contributed by atoms with E-state index in [0.29, 0.717) is 0 Å². The van der Waals surface area contributed by atoms with Crippen molar-refractivity contribution in [2.45, 2.75) is 19.3 Å². The van der Waals surface area contributed by atoms with Gasteiger partial charge in [0.15, 0.2) is 0 Å². The third-order valence-corrected chi connectivity index (χ3v) is 8.24. The Hall–Kier alpha value is -4.56. The van der Waals surface area contributed by atoms with Gasteiger partial charge in [-0.25, -0.2) is 0 Å². The molecule has 8 rings (SSSR count). The molecule has 0 N–H and O–H groups in total. The standard InChI is InChI=1S/C35H25NO/c1-35(2)29-12-6-3-9-25(29)28-21-23(17-20-30(28)35)22-15-18-24(19-16-22)36-31-13-7-4-10-26(31)33-27-11-5-8-14-32(27)37-34(33)36/h3-21H,1-2H3. The number of hydrogen-bond donors (Lipinski definition) is 0. The van der Waals surface area contributed by atoms with Gasteiger partial charge in [0.2, 0.25) is 5.71 Å². The Balaban J connectivity index is 1.27. The molecule has 2 nitrogen and oxygen atoms in total. The Morgan fingerprint density at radius 3 is 2.14 bits per heavy atom. The molecule has 37 heavy (non-hydrogen) atoms. The molecule has 1 aliphatic rings. The molecule has 5 aromatic carbocycles. The fraction of sp³-hybridized carbons (Fsp3) is 0.0857. The first-order valence-corrected chi connectivity index (χ1v) is 12.9. The van der Waals surface area contributed by atoms with Crippen molar-refractivity contribution in [2.75, 3.05) is 0 Å². The van der Waals surface area contributed by atoms with E-state index >= 15 is 0 Å². The molecule has 0 unspecified atom stereocenters. The molecule has 0 saturated carbocycles. The number of rotatable bonds is 2. The van der Waals surface area contributed by atoms with Crippen LogP contribution in [0.2, 0.25) is 0 Å². The average molecular weight is 476 g/mol.